The molecule has 9 nitrogen and oxygen atoms in total. The molecule has 2 saturated heterocycles. The lowest BCUT2D eigenvalue weighted by Gasteiger charge is -2.27. The minimum absolute atomic E-state index is 0.0581. The summed E-state index contributed by atoms with van der Waals surface area (Å²) in [6.45, 7) is 10.2. The zero-order valence-corrected chi connectivity index (χ0v) is 18.5. The molecular weight excluding hydrogens is 396 g/mol. The summed E-state index contributed by atoms with van der Waals surface area (Å²) in [5, 5.41) is 10.3. The number of nitrogens with zero attached hydrogens (tertiary/aromatic N) is 4. The molecule has 2 aromatic rings. The van der Waals surface area contributed by atoms with Gasteiger partial charge in [0.1, 0.15) is 11.6 Å². The van der Waals surface area contributed by atoms with Gasteiger partial charge in [0.15, 0.2) is 5.82 Å². The second-order valence-corrected chi connectivity index (χ2v) is 8.70. The van der Waals surface area contributed by atoms with Crippen molar-refractivity contribution < 1.29 is 14.3 Å². The Labute approximate surface area is 182 Å². The van der Waals surface area contributed by atoms with Crippen LogP contribution in [0.25, 0.3) is 0 Å². The molecule has 3 heterocycles. The van der Waals surface area contributed by atoms with Crippen molar-refractivity contribution in [3.05, 3.63) is 41.5 Å². The Hall–Kier alpha value is -3.10. The Morgan fingerprint density at radius 2 is 1.97 bits per heavy atom. The van der Waals surface area contributed by atoms with Gasteiger partial charge in [0.05, 0.1) is 17.6 Å². The van der Waals surface area contributed by atoms with Crippen LogP contribution in [0.3, 0.4) is 0 Å². The number of aromatic amines is 1. The molecule has 0 unspecified atom stereocenters. The summed E-state index contributed by atoms with van der Waals surface area (Å²) >= 11 is 0. The summed E-state index contributed by atoms with van der Waals surface area (Å²) in [5.41, 5.74) is 0.0648. The van der Waals surface area contributed by atoms with E-state index < -0.39 is 5.41 Å². The average Bonchev–Trinajstić information content (AvgIpc) is 3.40. The average molecular weight is 427 g/mol. The summed E-state index contributed by atoms with van der Waals surface area (Å²) in [4.78, 5) is 34.4. The zero-order valence-electron chi connectivity index (χ0n) is 18.5. The molecule has 0 saturated carbocycles. The molecule has 2 N–H and O–H groups in total. The van der Waals surface area contributed by atoms with Crippen LogP contribution < -0.4 is 10.1 Å². The summed E-state index contributed by atoms with van der Waals surface area (Å²) < 4.78 is 5.67. The maximum absolute atomic E-state index is 13.4. The second kappa shape index (κ2) is 8.20. The lowest BCUT2D eigenvalue weighted by molar-refractivity contribution is 0.0768. The van der Waals surface area contributed by atoms with Gasteiger partial charge in [0.2, 0.25) is 0 Å². The fraction of sp³-hybridized carbons (Fsp3) is 0.545. The van der Waals surface area contributed by atoms with Crippen molar-refractivity contribution in [1.82, 2.24) is 30.3 Å². The van der Waals surface area contributed by atoms with Crippen molar-refractivity contribution in [1.29, 1.82) is 0 Å². The van der Waals surface area contributed by atoms with Crippen molar-refractivity contribution in [2.45, 2.75) is 39.2 Å². The van der Waals surface area contributed by atoms with Crippen LogP contribution in [0.2, 0.25) is 0 Å². The molecule has 0 bridgehead atoms. The highest BCUT2D eigenvalue weighted by molar-refractivity contribution is 5.97. The topological polar surface area (TPSA) is 103 Å². The number of hydrogen-bond acceptors (Lipinski definition) is 5. The van der Waals surface area contributed by atoms with E-state index in [1.807, 2.05) is 55.7 Å². The fourth-order valence-corrected chi connectivity index (χ4v) is 4.69. The summed E-state index contributed by atoms with van der Waals surface area (Å²) in [6, 6.07) is 7.30. The van der Waals surface area contributed by atoms with Gasteiger partial charge in [0, 0.05) is 38.1 Å². The highest BCUT2D eigenvalue weighted by atomic mass is 16.5. The maximum Gasteiger partial charge on any atom is 0.317 e. The van der Waals surface area contributed by atoms with Crippen molar-refractivity contribution in [2.75, 3.05) is 32.8 Å². The third-order valence-corrected chi connectivity index (χ3v) is 6.06. The Morgan fingerprint density at radius 1 is 1.26 bits per heavy atom. The van der Waals surface area contributed by atoms with Gasteiger partial charge in [-0.25, -0.2) is 9.78 Å². The van der Waals surface area contributed by atoms with Crippen LogP contribution in [-0.2, 0) is 5.41 Å². The highest BCUT2D eigenvalue weighted by Gasteiger charge is 2.58. The Bertz CT molecular complexity index is 974. The van der Waals surface area contributed by atoms with Crippen molar-refractivity contribution in [2.24, 2.45) is 5.92 Å². The Kier molecular flexibility index (Phi) is 5.60. The fourth-order valence-electron chi connectivity index (χ4n) is 4.69. The minimum Gasteiger partial charge on any atom is -0.493 e. The van der Waals surface area contributed by atoms with Crippen LogP contribution in [0.5, 0.6) is 5.75 Å². The Balaban J connectivity index is 1.62. The SMILES string of the molecule is CCOc1ccccc1C(=O)N1C[C@@H]2CN(C(=O)NC(C)C)C[C@]2(c2n[nH]c(C)n2)C1. The van der Waals surface area contributed by atoms with Crippen LogP contribution in [0.15, 0.2) is 24.3 Å². The van der Waals surface area contributed by atoms with E-state index in [-0.39, 0.29) is 23.9 Å². The van der Waals surface area contributed by atoms with E-state index >= 15 is 0 Å². The number of urea groups is 1. The second-order valence-electron chi connectivity index (χ2n) is 8.70. The molecule has 9 heteroatoms. The zero-order chi connectivity index (χ0) is 22.2. The summed E-state index contributed by atoms with van der Waals surface area (Å²) in [6.07, 6.45) is 0. The number of likely N-dealkylation sites (tertiary alicyclic amines) is 2. The Morgan fingerprint density at radius 3 is 2.65 bits per heavy atom. The van der Waals surface area contributed by atoms with Gasteiger partial charge in [-0.1, -0.05) is 12.1 Å². The van der Waals surface area contributed by atoms with Gasteiger partial charge in [-0.05, 0) is 39.8 Å². The third kappa shape index (κ3) is 3.84. The molecule has 1 aromatic carbocycles. The highest BCUT2D eigenvalue weighted by Crippen LogP contribution is 2.44. The van der Waals surface area contributed by atoms with Gasteiger partial charge < -0.3 is 19.9 Å². The summed E-state index contributed by atoms with van der Waals surface area (Å²) in [5.74, 6) is 1.97. The number of nitrogens with one attached hydrogen (secondary N) is 2. The molecule has 3 amide bonds. The van der Waals surface area contributed by atoms with Crippen LogP contribution >= 0.6 is 0 Å². The molecule has 0 spiro atoms. The van der Waals surface area contributed by atoms with Crippen LogP contribution in [-0.4, -0.2) is 75.7 Å². The first kappa shape index (κ1) is 21.1. The van der Waals surface area contributed by atoms with E-state index in [0.717, 1.165) is 5.82 Å². The van der Waals surface area contributed by atoms with E-state index in [0.29, 0.717) is 49.9 Å². The van der Waals surface area contributed by atoms with E-state index in [2.05, 4.69) is 20.5 Å². The molecule has 166 valence electrons. The monoisotopic (exact) mass is 426 g/mol. The van der Waals surface area contributed by atoms with Crippen molar-refractivity contribution >= 4 is 11.9 Å². The van der Waals surface area contributed by atoms with Crippen molar-refractivity contribution in [3.8, 4) is 5.75 Å². The first-order chi connectivity index (χ1) is 14.8. The predicted molar refractivity (Wildman–Crippen MR) is 115 cm³/mol. The number of carbonyl (C=O) groups excluding carboxylic acids is 2. The van der Waals surface area contributed by atoms with E-state index in [9.17, 15) is 9.59 Å². The van der Waals surface area contributed by atoms with Gasteiger partial charge in [-0.2, -0.15) is 5.10 Å². The van der Waals surface area contributed by atoms with Crippen LogP contribution in [0, 0.1) is 12.8 Å². The number of aryl methyl sites for hydroxylation is 1. The number of ether oxygens (including phenoxy) is 1. The number of aromatic nitrogens is 3. The molecule has 2 atom stereocenters. The van der Waals surface area contributed by atoms with Crippen molar-refractivity contribution in [3.63, 3.8) is 0 Å². The lowest BCUT2D eigenvalue weighted by Crippen LogP contribution is -2.46. The van der Waals surface area contributed by atoms with Gasteiger partial charge in [-0.3, -0.25) is 9.89 Å². The number of hydrogen-bond donors (Lipinski definition) is 2. The lowest BCUT2D eigenvalue weighted by atomic mass is 9.80. The standard InChI is InChI=1S/C22H30N6O3/c1-5-31-18-9-7-6-8-17(18)19(29)27-10-16-11-28(21(30)23-14(2)3)13-22(16,12-27)20-24-15(4)25-26-20/h6-9,14,16H,5,10-13H2,1-4H3,(H,23,30)(H,24,25,26)/t16-,22-/m1/s1. The number of benzene rings is 1. The number of para-hydroxylation sites is 1. The molecule has 0 radical (unpaired) electrons. The van der Waals surface area contributed by atoms with Gasteiger partial charge >= 0.3 is 6.03 Å². The first-order valence-corrected chi connectivity index (χ1v) is 10.8. The molecule has 2 aliphatic rings. The number of carbonyl (C=O) groups is 2. The normalized spacial score (nSPS) is 22.7. The minimum atomic E-state index is -0.491. The smallest absolute Gasteiger partial charge is 0.317 e. The summed E-state index contributed by atoms with van der Waals surface area (Å²) in [7, 11) is 0. The van der Waals surface area contributed by atoms with Gasteiger partial charge in [0.25, 0.3) is 5.91 Å². The first-order valence-electron chi connectivity index (χ1n) is 10.8. The van der Waals surface area contributed by atoms with Crippen LogP contribution in [0.1, 0.15) is 42.8 Å². The maximum atomic E-state index is 13.4. The van der Waals surface area contributed by atoms with Crippen LogP contribution in [0.4, 0.5) is 4.79 Å². The molecule has 31 heavy (non-hydrogen) atoms. The number of amides is 3. The number of H-pyrrole nitrogens is 1. The quantitative estimate of drug-likeness (QED) is 0.761. The van der Waals surface area contributed by atoms with E-state index in [1.54, 1.807) is 6.07 Å². The number of fused-ring (bicyclic) bond motifs is 1. The van der Waals surface area contributed by atoms with E-state index in [1.165, 1.54) is 0 Å². The third-order valence-electron chi connectivity index (χ3n) is 6.06. The van der Waals surface area contributed by atoms with Gasteiger partial charge in [-0.15, -0.1) is 0 Å². The largest absolute Gasteiger partial charge is 0.493 e. The molecule has 2 aliphatic heterocycles. The molecular formula is C22H30N6O3. The molecule has 2 fully saturated rings. The molecule has 0 aliphatic carbocycles. The molecule has 1 aromatic heterocycles. The predicted octanol–water partition coefficient (Wildman–Crippen LogP) is 1.96. The number of rotatable bonds is 5. The molecule has 4 rings (SSSR count). The van der Waals surface area contributed by atoms with E-state index in [4.69, 9.17) is 4.74 Å².